The third kappa shape index (κ3) is 4.35. The Morgan fingerprint density at radius 2 is 1.59 bits per heavy atom. The number of amides is 1. The molecule has 4 nitrogen and oxygen atoms in total. The third-order valence-corrected chi connectivity index (χ3v) is 3.58. The van der Waals surface area contributed by atoms with E-state index in [1.54, 1.807) is 5.32 Å². The number of halogens is 7. The molecule has 146 valence electrons. The summed E-state index contributed by atoms with van der Waals surface area (Å²) in [6.45, 7) is -0.755. The van der Waals surface area contributed by atoms with Crippen LogP contribution < -0.4 is 5.32 Å². The van der Waals surface area contributed by atoms with Gasteiger partial charge in [0.15, 0.2) is 0 Å². The van der Waals surface area contributed by atoms with Crippen LogP contribution in [-0.2, 0) is 23.1 Å². The van der Waals surface area contributed by atoms with Crippen LogP contribution in [0.15, 0.2) is 42.7 Å². The zero-order valence-electron chi connectivity index (χ0n) is 13.2. The molecule has 11 heteroatoms. The second-order valence-corrected chi connectivity index (χ2v) is 5.48. The summed E-state index contributed by atoms with van der Waals surface area (Å²) in [5.41, 5.74) is -6.35. The number of aliphatic hydroxyl groups is 1. The molecule has 2 rings (SSSR count). The topological polar surface area (TPSA) is 62.2 Å². The van der Waals surface area contributed by atoms with Gasteiger partial charge in [0.2, 0.25) is 0 Å². The summed E-state index contributed by atoms with van der Waals surface area (Å²) >= 11 is 0. The lowest BCUT2D eigenvalue weighted by atomic mass is 9.92. The Hall–Kier alpha value is -2.69. The fourth-order valence-corrected chi connectivity index (χ4v) is 2.16. The van der Waals surface area contributed by atoms with E-state index in [1.807, 2.05) is 0 Å². The molecule has 1 amide bonds. The Kier molecular flexibility index (Phi) is 5.45. The molecule has 2 aromatic rings. The fraction of sp³-hybridized carbons (Fsp3) is 0.250. The highest BCUT2D eigenvalue weighted by molar-refractivity contribution is 5.87. The quantitative estimate of drug-likeness (QED) is 0.780. The van der Waals surface area contributed by atoms with E-state index in [0.29, 0.717) is 36.5 Å². The van der Waals surface area contributed by atoms with Crippen molar-refractivity contribution >= 4 is 5.91 Å². The standard InChI is InChI=1S/C16H11F7N2O2/c17-12-3-1-10(2-4-12)14(27,16(21,22)23)13(26)25-7-9-5-11(8-24-6-9)15(18,19)20/h1-6,8,27H,7H2,(H,25,26). The summed E-state index contributed by atoms with van der Waals surface area (Å²) in [4.78, 5) is 15.3. The molecule has 2 N–H and O–H groups in total. The lowest BCUT2D eigenvalue weighted by Gasteiger charge is -2.29. The molecule has 0 aliphatic carbocycles. The van der Waals surface area contributed by atoms with Crippen LogP contribution in [0.1, 0.15) is 16.7 Å². The number of alkyl halides is 6. The van der Waals surface area contributed by atoms with Crippen molar-refractivity contribution in [3.05, 3.63) is 65.2 Å². The highest BCUT2D eigenvalue weighted by Gasteiger charge is 2.60. The summed E-state index contributed by atoms with van der Waals surface area (Å²) < 4.78 is 90.7. The fourth-order valence-electron chi connectivity index (χ4n) is 2.16. The summed E-state index contributed by atoms with van der Waals surface area (Å²) in [6, 6.07) is 2.99. The maximum atomic E-state index is 13.3. The summed E-state index contributed by atoms with van der Waals surface area (Å²) in [6.07, 6.45) is -8.77. The predicted molar refractivity (Wildman–Crippen MR) is 77.4 cm³/mol. The van der Waals surface area contributed by atoms with E-state index in [0.717, 1.165) is 6.20 Å². The van der Waals surface area contributed by atoms with Gasteiger partial charge in [0.05, 0.1) is 5.56 Å². The number of nitrogens with one attached hydrogen (secondary N) is 1. The molecule has 1 aromatic heterocycles. The van der Waals surface area contributed by atoms with Crippen molar-refractivity contribution in [2.24, 2.45) is 0 Å². The van der Waals surface area contributed by atoms with Crippen molar-refractivity contribution in [3.8, 4) is 0 Å². The highest BCUT2D eigenvalue weighted by Crippen LogP contribution is 2.39. The van der Waals surface area contributed by atoms with Crippen molar-refractivity contribution < 1.29 is 40.6 Å². The first-order valence-electron chi connectivity index (χ1n) is 7.20. The number of carbonyl (C=O) groups excluding carboxylic acids is 1. The zero-order valence-corrected chi connectivity index (χ0v) is 13.2. The zero-order chi connectivity index (χ0) is 20.5. The smallest absolute Gasteiger partial charge is 0.369 e. The maximum Gasteiger partial charge on any atom is 0.430 e. The van der Waals surface area contributed by atoms with Crippen molar-refractivity contribution in [3.63, 3.8) is 0 Å². The van der Waals surface area contributed by atoms with Crippen LogP contribution in [0, 0.1) is 5.82 Å². The first-order valence-corrected chi connectivity index (χ1v) is 7.20. The molecule has 1 unspecified atom stereocenters. The van der Waals surface area contributed by atoms with Crippen LogP contribution in [0.5, 0.6) is 0 Å². The van der Waals surface area contributed by atoms with Gasteiger partial charge in [-0.15, -0.1) is 0 Å². The van der Waals surface area contributed by atoms with Crippen molar-refractivity contribution in [2.45, 2.75) is 24.5 Å². The number of benzene rings is 1. The van der Waals surface area contributed by atoms with Crippen LogP contribution >= 0.6 is 0 Å². The Morgan fingerprint density at radius 3 is 2.11 bits per heavy atom. The molecule has 0 saturated heterocycles. The minimum absolute atomic E-state index is 0.234. The Morgan fingerprint density at radius 1 is 1.00 bits per heavy atom. The van der Waals surface area contributed by atoms with E-state index < -0.39 is 47.3 Å². The van der Waals surface area contributed by atoms with Crippen LogP contribution in [0.2, 0.25) is 0 Å². The molecule has 0 fully saturated rings. The number of aromatic nitrogens is 1. The Bertz CT molecular complexity index is 819. The van der Waals surface area contributed by atoms with E-state index in [1.165, 1.54) is 0 Å². The molecular weight excluding hydrogens is 385 g/mol. The highest BCUT2D eigenvalue weighted by atomic mass is 19.4. The van der Waals surface area contributed by atoms with E-state index in [4.69, 9.17) is 0 Å². The molecule has 0 spiro atoms. The first-order chi connectivity index (χ1) is 12.4. The largest absolute Gasteiger partial charge is 0.430 e. The molecule has 1 aromatic carbocycles. The first kappa shape index (κ1) is 20.6. The van der Waals surface area contributed by atoms with E-state index in [9.17, 15) is 40.6 Å². The maximum absolute atomic E-state index is 13.3. The molecule has 1 atom stereocenters. The normalized spacial score (nSPS) is 14.5. The number of pyridine rings is 1. The van der Waals surface area contributed by atoms with Crippen LogP contribution in [-0.4, -0.2) is 22.2 Å². The van der Waals surface area contributed by atoms with Crippen molar-refractivity contribution in [1.82, 2.24) is 10.3 Å². The lowest BCUT2D eigenvalue weighted by Crippen LogP contribution is -2.54. The van der Waals surface area contributed by atoms with Gasteiger partial charge in [-0.05, 0) is 23.8 Å². The number of hydrogen-bond donors (Lipinski definition) is 2. The Labute approximate surface area is 147 Å². The second-order valence-electron chi connectivity index (χ2n) is 5.48. The monoisotopic (exact) mass is 396 g/mol. The van der Waals surface area contributed by atoms with Crippen LogP contribution in [0.3, 0.4) is 0 Å². The Balaban J connectivity index is 2.27. The average molecular weight is 396 g/mol. The molecule has 0 aliphatic rings. The molecule has 0 saturated carbocycles. The minimum Gasteiger partial charge on any atom is -0.369 e. The third-order valence-electron chi connectivity index (χ3n) is 3.58. The van der Waals surface area contributed by atoms with Crippen LogP contribution in [0.25, 0.3) is 0 Å². The molecule has 27 heavy (non-hydrogen) atoms. The van der Waals surface area contributed by atoms with Gasteiger partial charge in [-0.1, -0.05) is 12.1 Å². The molecule has 0 radical (unpaired) electrons. The molecule has 0 aliphatic heterocycles. The van der Waals surface area contributed by atoms with Gasteiger partial charge in [0, 0.05) is 24.5 Å². The van der Waals surface area contributed by atoms with Gasteiger partial charge in [-0.3, -0.25) is 9.78 Å². The van der Waals surface area contributed by atoms with E-state index in [-0.39, 0.29) is 5.56 Å². The van der Waals surface area contributed by atoms with Gasteiger partial charge in [-0.25, -0.2) is 4.39 Å². The van der Waals surface area contributed by atoms with Gasteiger partial charge in [-0.2, -0.15) is 26.3 Å². The van der Waals surface area contributed by atoms with E-state index in [2.05, 4.69) is 4.98 Å². The van der Waals surface area contributed by atoms with Gasteiger partial charge >= 0.3 is 12.4 Å². The summed E-state index contributed by atoms with van der Waals surface area (Å²) in [5.74, 6) is -2.82. The van der Waals surface area contributed by atoms with E-state index >= 15 is 0 Å². The number of rotatable bonds is 4. The van der Waals surface area contributed by atoms with Gasteiger partial charge < -0.3 is 10.4 Å². The molecular formula is C16H11F7N2O2. The number of hydrogen-bond acceptors (Lipinski definition) is 3. The summed E-state index contributed by atoms with van der Waals surface area (Å²) in [5, 5.41) is 11.7. The average Bonchev–Trinajstić information content (AvgIpc) is 2.58. The molecule has 0 bridgehead atoms. The SMILES string of the molecule is O=C(NCc1cncc(C(F)(F)F)c1)C(O)(c1ccc(F)cc1)C(F)(F)F. The number of nitrogens with zero attached hydrogens (tertiary/aromatic N) is 1. The lowest BCUT2D eigenvalue weighted by molar-refractivity contribution is -0.257. The number of carbonyl (C=O) groups is 1. The second kappa shape index (κ2) is 7.14. The van der Waals surface area contributed by atoms with Gasteiger partial charge in [0.1, 0.15) is 5.82 Å². The minimum atomic E-state index is -5.47. The van der Waals surface area contributed by atoms with Crippen molar-refractivity contribution in [2.75, 3.05) is 0 Å². The van der Waals surface area contributed by atoms with Crippen LogP contribution in [0.4, 0.5) is 30.7 Å². The molecule has 1 heterocycles. The summed E-state index contributed by atoms with van der Waals surface area (Å²) in [7, 11) is 0. The van der Waals surface area contributed by atoms with Gasteiger partial charge in [0.25, 0.3) is 11.5 Å². The predicted octanol–water partition coefficient (Wildman–Crippen LogP) is 3.31. The van der Waals surface area contributed by atoms with Crippen molar-refractivity contribution in [1.29, 1.82) is 0 Å².